The van der Waals surface area contributed by atoms with Crippen LogP contribution in [-0.4, -0.2) is 23.3 Å². The number of carbonyl (C=O) groups is 2. The van der Waals surface area contributed by atoms with Crippen molar-refractivity contribution in [3.63, 3.8) is 0 Å². The molecular formula is C13H24NO4. The van der Waals surface area contributed by atoms with Crippen LogP contribution in [0.2, 0.25) is 0 Å². The van der Waals surface area contributed by atoms with Crippen molar-refractivity contribution in [2.24, 2.45) is 0 Å². The SMILES string of the molecule is CC(C)(C)OC(=O)CC[CH]NC(=O)OC(C)(C)C. The Labute approximate surface area is 109 Å². The van der Waals surface area contributed by atoms with Gasteiger partial charge in [0, 0.05) is 6.42 Å². The summed E-state index contributed by atoms with van der Waals surface area (Å²) in [5.41, 5.74) is -1.00. The smallest absolute Gasteiger partial charge is 0.407 e. The molecule has 1 N–H and O–H groups in total. The van der Waals surface area contributed by atoms with Crippen LogP contribution in [0.3, 0.4) is 0 Å². The molecule has 0 fully saturated rings. The highest BCUT2D eigenvalue weighted by molar-refractivity contribution is 5.70. The van der Waals surface area contributed by atoms with Gasteiger partial charge in [0.2, 0.25) is 0 Å². The number of hydrogen-bond donors (Lipinski definition) is 1. The van der Waals surface area contributed by atoms with Gasteiger partial charge < -0.3 is 14.8 Å². The van der Waals surface area contributed by atoms with Crippen LogP contribution in [0.5, 0.6) is 0 Å². The van der Waals surface area contributed by atoms with Gasteiger partial charge in [0.1, 0.15) is 11.2 Å². The Morgan fingerprint density at radius 3 is 1.94 bits per heavy atom. The Morgan fingerprint density at radius 2 is 1.50 bits per heavy atom. The van der Waals surface area contributed by atoms with Crippen molar-refractivity contribution in [2.75, 3.05) is 0 Å². The van der Waals surface area contributed by atoms with E-state index in [1.54, 1.807) is 20.8 Å². The van der Waals surface area contributed by atoms with Gasteiger partial charge in [-0.05, 0) is 48.0 Å². The number of carbonyl (C=O) groups excluding carboxylic acids is 2. The van der Waals surface area contributed by atoms with Gasteiger partial charge in [0.25, 0.3) is 0 Å². The van der Waals surface area contributed by atoms with Crippen LogP contribution in [0.4, 0.5) is 4.79 Å². The molecule has 1 amide bonds. The van der Waals surface area contributed by atoms with Gasteiger partial charge >= 0.3 is 12.1 Å². The Morgan fingerprint density at radius 1 is 1.00 bits per heavy atom. The molecule has 0 bridgehead atoms. The van der Waals surface area contributed by atoms with E-state index in [0.29, 0.717) is 6.42 Å². The van der Waals surface area contributed by atoms with Crippen LogP contribution < -0.4 is 5.32 Å². The molecule has 0 atom stereocenters. The molecule has 0 saturated carbocycles. The molecule has 5 heteroatoms. The maximum atomic E-state index is 11.3. The summed E-state index contributed by atoms with van der Waals surface area (Å²) in [6.45, 7) is 12.3. The number of amides is 1. The van der Waals surface area contributed by atoms with Crippen molar-refractivity contribution in [3.05, 3.63) is 6.54 Å². The van der Waals surface area contributed by atoms with E-state index >= 15 is 0 Å². The normalized spacial score (nSPS) is 11.9. The van der Waals surface area contributed by atoms with Gasteiger partial charge in [0.05, 0.1) is 6.54 Å². The van der Waals surface area contributed by atoms with Crippen molar-refractivity contribution in [1.82, 2.24) is 5.32 Å². The van der Waals surface area contributed by atoms with Gasteiger partial charge in [-0.3, -0.25) is 4.79 Å². The number of esters is 1. The van der Waals surface area contributed by atoms with E-state index in [4.69, 9.17) is 9.47 Å². The summed E-state index contributed by atoms with van der Waals surface area (Å²) in [6.07, 6.45) is 0.119. The van der Waals surface area contributed by atoms with E-state index in [9.17, 15) is 9.59 Å². The lowest BCUT2D eigenvalue weighted by Gasteiger charge is -2.20. The predicted octanol–water partition coefficient (Wildman–Crippen LogP) is 2.79. The molecule has 0 heterocycles. The zero-order valence-corrected chi connectivity index (χ0v) is 12.1. The molecule has 0 rings (SSSR count). The average molecular weight is 258 g/mol. The second-order valence-corrected chi connectivity index (χ2v) is 5.98. The first kappa shape index (κ1) is 16.7. The molecule has 1 radical (unpaired) electrons. The summed E-state index contributed by atoms with van der Waals surface area (Å²) in [5.74, 6) is -0.287. The molecule has 0 spiro atoms. The summed E-state index contributed by atoms with van der Waals surface area (Å²) in [5, 5.41) is 2.46. The fourth-order valence-electron chi connectivity index (χ4n) is 1.05. The maximum Gasteiger partial charge on any atom is 0.407 e. The Balaban J connectivity index is 3.69. The van der Waals surface area contributed by atoms with Gasteiger partial charge in [0.15, 0.2) is 0 Å². The molecule has 0 unspecified atom stereocenters. The first-order valence-corrected chi connectivity index (χ1v) is 6.03. The van der Waals surface area contributed by atoms with Crippen molar-refractivity contribution in [1.29, 1.82) is 0 Å². The largest absolute Gasteiger partial charge is 0.460 e. The third-order valence-corrected chi connectivity index (χ3v) is 1.53. The molecule has 0 aliphatic carbocycles. The van der Waals surface area contributed by atoms with Gasteiger partial charge in [-0.1, -0.05) is 0 Å². The summed E-state index contributed by atoms with van der Waals surface area (Å²) in [7, 11) is 0. The van der Waals surface area contributed by atoms with Crippen molar-refractivity contribution >= 4 is 12.1 Å². The highest BCUT2D eigenvalue weighted by Gasteiger charge is 2.17. The average Bonchev–Trinajstić information content (AvgIpc) is 2.06. The molecule has 0 aliphatic heterocycles. The van der Waals surface area contributed by atoms with E-state index in [1.807, 2.05) is 20.8 Å². The third kappa shape index (κ3) is 11.2. The number of ether oxygens (including phenoxy) is 2. The molecule has 5 nitrogen and oxygen atoms in total. The maximum absolute atomic E-state index is 11.3. The minimum atomic E-state index is -0.525. The van der Waals surface area contributed by atoms with E-state index < -0.39 is 17.3 Å². The van der Waals surface area contributed by atoms with Crippen LogP contribution in [0.1, 0.15) is 54.4 Å². The topological polar surface area (TPSA) is 64.6 Å². The van der Waals surface area contributed by atoms with E-state index in [2.05, 4.69) is 5.32 Å². The molecule has 18 heavy (non-hydrogen) atoms. The summed E-state index contributed by atoms with van der Waals surface area (Å²) in [6, 6.07) is 0. The van der Waals surface area contributed by atoms with Crippen LogP contribution in [-0.2, 0) is 14.3 Å². The zero-order chi connectivity index (χ0) is 14.4. The first-order valence-electron chi connectivity index (χ1n) is 6.03. The predicted molar refractivity (Wildman–Crippen MR) is 68.7 cm³/mol. The van der Waals surface area contributed by atoms with E-state index in [0.717, 1.165) is 0 Å². The second-order valence-electron chi connectivity index (χ2n) is 5.98. The summed E-state index contributed by atoms with van der Waals surface area (Å²) >= 11 is 0. The minimum absolute atomic E-state index is 0.229. The zero-order valence-electron chi connectivity index (χ0n) is 12.1. The number of rotatable bonds is 4. The lowest BCUT2D eigenvalue weighted by Crippen LogP contribution is -2.31. The second kappa shape index (κ2) is 6.61. The van der Waals surface area contributed by atoms with Crippen molar-refractivity contribution in [2.45, 2.75) is 65.6 Å². The number of alkyl carbamates (subject to hydrolysis) is 1. The number of hydrogen-bond acceptors (Lipinski definition) is 4. The Bertz CT molecular complexity index is 256. The molecule has 0 aromatic heterocycles. The number of nitrogens with one attached hydrogen (secondary N) is 1. The lowest BCUT2D eigenvalue weighted by atomic mass is 10.2. The monoisotopic (exact) mass is 258 g/mol. The Hall–Kier alpha value is -1.26. The van der Waals surface area contributed by atoms with Gasteiger partial charge in [-0.15, -0.1) is 0 Å². The van der Waals surface area contributed by atoms with Crippen LogP contribution >= 0.6 is 0 Å². The third-order valence-electron chi connectivity index (χ3n) is 1.53. The minimum Gasteiger partial charge on any atom is -0.460 e. The van der Waals surface area contributed by atoms with Gasteiger partial charge in [-0.25, -0.2) is 4.79 Å². The van der Waals surface area contributed by atoms with Crippen LogP contribution in [0.15, 0.2) is 0 Å². The molecule has 0 aromatic rings. The Kier molecular flexibility index (Phi) is 6.15. The van der Waals surface area contributed by atoms with Crippen LogP contribution in [0.25, 0.3) is 0 Å². The molecule has 0 aromatic carbocycles. The molecule has 0 aliphatic rings. The van der Waals surface area contributed by atoms with E-state index in [1.165, 1.54) is 6.54 Å². The highest BCUT2D eigenvalue weighted by Crippen LogP contribution is 2.10. The first-order chi connectivity index (χ1) is 7.99. The standard InChI is InChI=1S/C13H24NO4/c1-12(2,3)17-10(15)8-7-9-14-11(16)18-13(4,5)6/h9H,7-8H2,1-6H3,(H,14,16). The fraction of sp³-hybridized carbons (Fsp3) is 0.769. The van der Waals surface area contributed by atoms with Crippen molar-refractivity contribution in [3.8, 4) is 0 Å². The molecule has 105 valence electrons. The summed E-state index contributed by atoms with van der Waals surface area (Å²) < 4.78 is 10.2. The highest BCUT2D eigenvalue weighted by atomic mass is 16.6. The van der Waals surface area contributed by atoms with Gasteiger partial charge in [-0.2, -0.15) is 0 Å². The quantitative estimate of drug-likeness (QED) is 0.622. The van der Waals surface area contributed by atoms with Crippen molar-refractivity contribution < 1.29 is 19.1 Å². The molecule has 0 saturated heterocycles. The fourth-order valence-corrected chi connectivity index (χ4v) is 1.05. The summed E-state index contributed by atoms with van der Waals surface area (Å²) in [4.78, 5) is 22.6. The van der Waals surface area contributed by atoms with E-state index in [-0.39, 0.29) is 12.4 Å². The van der Waals surface area contributed by atoms with Crippen LogP contribution in [0, 0.1) is 6.54 Å². The molecular weight excluding hydrogens is 234 g/mol. The lowest BCUT2D eigenvalue weighted by molar-refractivity contribution is -0.154.